The van der Waals surface area contributed by atoms with Crippen LogP contribution in [0.25, 0.3) is 0 Å². The zero-order chi connectivity index (χ0) is 17.9. The number of nitrogens with one attached hydrogen (secondary N) is 2. The number of hydrogen-bond acceptors (Lipinski definition) is 4. The van der Waals surface area contributed by atoms with Gasteiger partial charge in [0.25, 0.3) is 0 Å². The molecule has 8 heteroatoms. The van der Waals surface area contributed by atoms with Crippen LogP contribution < -0.4 is 10.6 Å². The third kappa shape index (κ3) is 4.97. The van der Waals surface area contributed by atoms with Crippen molar-refractivity contribution in [2.45, 2.75) is 56.5 Å². The summed E-state index contributed by atoms with van der Waals surface area (Å²) in [5.74, 6) is 0.837. The van der Waals surface area contributed by atoms with Crippen molar-refractivity contribution in [3.05, 3.63) is 18.5 Å². The maximum atomic E-state index is 13.3. The van der Waals surface area contributed by atoms with Gasteiger partial charge in [0.15, 0.2) is 0 Å². The van der Waals surface area contributed by atoms with Gasteiger partial charge in [0, 0.05) is 24.5 Å². The molecule has 27 heavy (non-hydrogen) atoms. The molecule has 3 rings (SSSR count). The fourth-order valence-corrected chi connectivity index (χ4v) is 4.69. The summed E-state index contributed by atoms with van der Waals surface area (Å²) < 4.78 is 1.87. The fourth-order valence-electron chi connectivity index (χ4n) is 4.69. The van der Waals surface area contributed by atoms with Crippen molar-refractivity contribution in [2.24, 2.45) is 5.92 Å². The van der Waals surface area contributed by atoms with Crippen molar-refractivity contribution in [2.75, 3.05) is 33.7 Å². The molecule has 1 amide bonds. The molecule has 2 aliphatic rings. The topological polar surface area (TPSA) is 62.2 Å². The molecule has 0 spiro atoms. The van der Waals surface area contributed by atoms with Gasteiger partial charge in [-0.05, 0) is 64.9 Å². The molecule has 0 radical (unpaired) electrons. The molecule has 1 aliphatic heterocycles. The van der Waals surface area contributed by atoms with Crippen LogP contribution in [0.3, 0.4) is 0 Å². The minimum absolute atomic E-state index is 0. The van der Waals surface area contributed by atoms with Crippen LogP contribution in [-0.4, -0.2) is 59.9 Å². The van der Waals surface area contributed by atoms with Gasteiger partial charge in [0.05, 0.1) is 0 Å². The van der Waals surface area contributed by atoms with Crippen LogP contribution in [0, 0.1) is 5.92 Å². The van der Waals surface area contributed by atoms with Gasteiger partial charge >= 0.3 is 0 Å². The van der Waals surface area contributed by atoms with E-state index in [4.69, 9.17) is 0 Å². The second-order valence-corrected chi connectivity index (χ2v) is 8.24. The molecule has 2 unspecified atom stereocenters. The van der Waals surface area contributed by atoms with E-state index in [1.54, 1.807) is 6.20 Å². The maximum absolute atomic E-state index is 13.3. The molecule has 0 bridgehead atoms. The van der Waals surface area contributed by atoms with Gasteiger partial charge in [-0.1, -0.05) is 19.8 Å². The first-order chi connectivity index (χ1) is 12.0. The molecule has 2 atom stereocenters. The van der Waals surface area contributed by atoms with Gasteiger partial charge in [-0.2, -0.15) is 5.10 Å². The van der Waals surface area contributed by atoms with Crippen LogP contribution in [0.2, 0.25) is 0 Å². The van der Waals surface area contributed by atoms with Crippen LogP contribution in [0.4, 0.5) is 0 Å². The summed E-state index contributed by atoms with van der Waals surface area (Å²) in [5.41, 5.74) is -0.478. The average Bonchev–Trinajstić information content (AvgIpc) is 3.15. The Morgan fingerprint density at radius 3 is 2.56 bits per heavy atom. The Morgan fingerprint density at radius 2 is 2.00 bits per heavy atom. The predicted molar refractivity (Wildman–Crippen MR) is 114 cm³/mol. The Hall–Kier alpha value is -0.820. The number of halogens is 2. The highest BCUT2D eigenvalue weighted by Crippen LogP contribution is 2.35. The van der Waals surface area contributed by atoms with Crippen LogP contribution in [-0.2, 0) is 10.3 Å². The largest absolute Gasteiger partial charge is 0.352 e. The summed E-state index contributed by atoms with van der Waals surface area (Å²) in [6.07, 6.45) is 10.1. The molecule has 2 fully saturated rings. The standard InChI is InChI=1S/C19H33N5O.2ClH/c1-16-6-4-7-18(14-16,23(2)3)15-21-17(25)19(8-11-20-12-9-19)24-13-5-10-22-24;;/h5,10,13,16,20H,4,6-9,11-12,14-15H2,1-3H3,(H,21,25);2*1H. The lowest BCUT2D eigenvalue weighted by Gasteiger charge is -2.46. The summed E-state index contributed by atoms with van der Waals surface area (Å²) >= 11 is 0. The monoisotopic (exact) mass is 419 g/mol. The maximum Gasteiger partial charge on any atom is 0.248 e. The summed E-state index contributed by atoms with van der Waals surface area (Å²) in [6.45, 7) is 4.75. The highest BCUT2D eigenvalue weighted by molar-refractivity contribution is 5.85. The van der Waals surface area contributed by atoms with Gasteiger partial charge < -0.3 is 15.5 Å². The Balaban J connectivity index is 0.00000182. The van der Waals surface area contributed by atoms with E-state index in [-0.39, 0.29) is 36.3 Å². The minimum atomic E-state index is -0.553. The SMILES string of the molecule is CC1CCCC(CNC(=O)C2(n3cccn3)CCNCC2)(N(C)C)C1.Cl.Cl. The number of rotatable bonds is 5. The molecule has 1 saturated carbocycles. The van der Waals surface area contributed by atoms with Gasteiger partial charge in [-0.15, -0.1) is 24.8 Å². The normalized spacial score (nSPS) is 27.3. The predicted octanol–water partition coefficient (Wildman–Crippen LogP) is 2.43. The number of hydrogen-bond donors (Lipinski definition) is 2. The molecule has 2 N–H and O–H groups in total. The Bertz CT molecular complexity index is 575. The van der Waals surface area contributed by atoms with E-state index in [0.717, 1.165) is 45.3 Å². The molecule has 1 aromatic heterocycles. The number of aromatic nitrogens is 2. The molecule has 1 saturated heterocycles. The van der Waals surface area contributed by atoms with Crippen molar-refractivity contribution in [3.8, 4) is 0 Å². The first kappa shape index (κ1) is 24.2. The van der Waals surface area contributed by atoms with Crippen molar-refractivity contribution >= 4 is 30.7 Å². The van der Waals surface area contributed by atoms with Gasteiger partial charge in [0.1, 0.15) is 5.54 Å². The van der Waals surface area contributed by atoms with Crippen LogP contribution in [0.5, 0.6) is 0 Å². The zero-order valence-corrected chi connectivity index (χ0v) is 18.4. The third-order valence-corrected chi connectivity index (χ3v) is 6.39. The second kappa shape index (κ2) is 10.1. The molecule has 2 heterocycles. The molecule has 0 aromatic carbocycles. The van der Waals surface area contributed by atoms with E-state index in [0.29, 0.717) is 5.92 Å². The Morgan fingerprint density at radius 1 is 1.30 bits per heavy atom. The average molecular weight is 420 g/mol. The highest BCUT2D eigenvalue weighted by Gasteiger charge is 2.44. The molecule has 1 aliphatic carbocycles. The quantitative estimate of drug-likeness (QED) is 0.768. The number of likely N-dealkylation sites (N-methyl/N-ethyl adjacent to an activating group) is 1. The first-order valence-electron chi connectivity index (χ1n) is 9.65. The first-order valence-corrected chi connectivity index (χ1v) is 9.65. The van der Waals surface area contributed by atoms with Gasteiger partial charge in [-0.3, -0.25) is 9.48 Å². The van der Waals surface area contributed by atoms with Crippen LogP contribution >= 0.6 is 24.8 Å². The van der Waals surface area contributed by atoms with Crippen molar-refractivity contribution in [1.82, 2.24) is 25.3 Å². The number of amides is 1. The third-order valence-electron chi connectivity index (χ3n) is 6.39. The Labute approximate surface area is 175 Å². The van der Waals surface area contributed by atoms with E-state index < -0.39 is 5.54 Å². The lowest BCUT2D eigenvalue weighted by molar-refractivity contribution is -0.132. The zero-order valence-electron chi connectivity index (χ0n) is 16.7. The second-order valence-electron chi connectivity index (χ2n) is 8.24. The molecular weight excluding hydrogens is 385 g/mol. The molecule has 6 nitrogen and oxygen atoms in total. The molecule has 156 valence electrons. The summed E-state index contributed by atoms with van der Waals surface area (Å²) in [6, 6.07) is 1.90. The van der Waals surface area contributed by atoms with Crippen molar-refractivity contribution in [3.63, 3.8) is 0 Å². The smallest absolute Gasteiger partial charge is 0.248 e. The van der Waals surface area contributed by atoms with E-state index in [2.05, 4.69) is 41.7 Å². The fraction of sp³-hybridized carbons (Fsp3) is 0.789. The molecular formula is C19H35Cl2N5O. The highest BCUT2D eigenvalue weighted by atomic mass is 35.5. The van der Waals surface area contributed by atoms with Crippen LogP contribution in [0.1, 0.15) is 45.4 Å². The lowest BCUT2D eigenvalue weighted by atomic mass is 9.75. The summed E-state index contributed by atoms with van der Waals surface area (Å²) in [7, 11) is 4.30. The number of nitrogens with zero attached hydrogens (tertiary/aromatic N) is 3. The van der Waals surface area contributed by atoms with Crippen LogP contribution in [0.15, 0.2) is 18.5 Å². The van der Waals surface area contributed by atoms with Crippen molar-refractivity contribution < 1.29 is 4.79 Å². The van der Waals surface area contributed by atoms with Gasteiger partial charge in [0.2, 0.25) is 5.91 Å². The Kier molecular flexibility index (Phi) is 9.06. The van der Waals surface area contributed by atoms with Crippen molar-refractivity contribution in [1.29, 1.82) is 0 Å². The van der Waals surface area contributed by atoms with E-state index in [1.165, 1.54) is 12.8 Å². The van der Waals surface area contributed by atoms with E-state index in [1.807, 2.05) is 16.9 Å². The number of carbonyl (C=O) groups excluding carboxylic acids is 1. The van der Waals surface area contributed by atoms with E-state index in [9.17, 15) is 4.79 Å². The lowest BCUT2D eigenvalue weighted by Crippen LogP contribution is -2.60. The summed E-state index contributed by atoms with van der Waals surface area (Å²) in [4.78, 5) is 15.6. The van der Waals surface area contributed by atoms with E-state index >= 15 is 0 Å². The number of carbonyl (C=O) groups is 1. The number of piperidine rings is 1. The minimum Gasteiger partial charge on any atom is -0.352 e. The van der Waals surface area contributed by atoms with Gasteiger partial charge in [-0.25, -0.2) is 0 Å². The molecule has 1 aromatic rings. The summed E-state index contributed by atoms with van der Waals surface area (Å²) in [5, 5.41) is 11.1.